The largest absolute Gasteiger partial charge is 0.310 e. The molecule has 0 aliphatic heterocycles. The highest BCUT2D eigenvalue weighted by molar-refractivity contribution is 6.23. The fourth-order valence-corrected chi connectivity index (χ4v) is 5.34. The summed E-state index contributed by atoms with van der Waals surface area (Å²) in [6.45, 7) is 0. The van der Waals surface area contributed by atoms with Crippen molar-refractivity contribution in [3.05, 3.63) is 133 Å². The molecule has 0 saturated heterocycles. The van der Waals surface area contributed by atoms with E-state index in [1.54, 1.807) is 6.20 Å². The van der Waals surface area contributed by atoms with Crippen LogP contribution in [0, 0.1) is 11.3 Å². The lowest BCUT2D eigenvalue weighted by atomic mass is 9.93. The van der Waals surface area contributed by atoms with E-state index in [1.807, 2.05) is 36.5 Å². The zero-order chi connectivity index (χ0) is 24.8. The van der Waals surface area contributed by atoms with Crippen LogP contribution in [0.1, 0.15) is 5.56 Å². The van der Waals surface area contributed by atoms with Crippen molar-refractivity contribution in [1.82, 2.24) is 4.98 Å². The third kappa shape index (κ3) is 3.55. The van der Waals surface area contributed by atoms with E-state index in [9.17, 15) is 5.26 Å². The third-order valence-corrected chi connectivity index (χ3v) is 7.08. The molecule has 0 bridgehead atoms. The number of nitrogens with zero attached hydrogens (tertiary/aromatic N) is 3. The molecule has 3 heteroatoms. The quantitative estimate of drug-likeness (QED) is 0.240. The van der Waals surface area contributed by atoms with E-state index >= 15 is 0 Å². The van der Waals surface area contributed by atoms with E-state index in [4.69, 9.17) is 0 Å². The third-order valence-electron chi connectivity index (χ3n) is 7.08. The predicted octanol–water partition coefficient (Wildman–Crippen LogP) is 8.99. The van der Waals surface area contributed by atoms with Crippen LogP contribution in [0.4, 0.5) is 17.1 Å². The fraction of sp³-hybridized carbons (Fsp3) is 0. The molecule has 0 amide bonds. The second-order valence-corrected chi connectivity index (χ2v) is 9.26. The molecule has 0 saturated carbocycles. The monoisotopic (exact) mass is 471 g/mol. The van der Waals surface area contributed by atoms with Crippen molar-refractivity contribution in [3.63, 3.8) is 0 Å². The van der Waals surface area contributed by atoms with Crippen molar-refractivity contribution in [1.29, 1.82) is 5.26 Å². The van der Waals surface area contributed by atoms with Crippen molar-refractivity contribution in [2.75, 3.05) is 4.90 Å². The van der Waals surface area contributed by atoms with Crippen LogP contribution >= 0.6 is 0 Å². The molecule has 3 nitrogen and oxygen atoms in total. The van der Waals surface area contributed by atoms with Gasteiger partial charge in [-0.2, -0.15) is 5.26 Å². The summed E-state index contributed by atoms with van der Waals surface area (Å²) in [4.78, 5) is 6.51. The Balaban J connectivity index is 1.42. The standard InChI is InChI=1S/C34H21N3/c35-21-23-6-14-30(15-7-23)37(31-16-12-24(13-17-31)29-5-2-18-36-22-29)32-19-27-10-8-25-3-1-4-26-9-11-28(20-32)34(27)33(25)26/h1-20,22H. The molecular weight excluding hydrogens is 450 g/mol. The number of nitriles is 1. The molecule has 0 aliphatic rings. The SMILES string of the molecule is N#Cc1ccc(N(c2ccc(-c3cccnc3)cc2)c2cc3ccc4cccc5ccc(c2)c3c45)cc1. The van der Waals surface area contributed by atoms with Gasteiger partial charge in [0, 0.05) is 29.5 Å². The van der Waals surface area contributed by atoms with Gasteiger partial charge in [-0.1, -0.05) is 60.7 Å². The first kappa shape index (κ1) is 21.1. The zero-order valence-corrected chi connectivity index (χ0v) is 20.0. The molecule has 0 fully saturated rings. The number of hydrogen-bond acceptors (Lipinski definition) is 3. The summed E-state index contributed by atoms with van der Waals surface area (Å²) in [6, 6.07) is 42.4. The number of hydrogen-bond donors (Lipinski definition) is 0. The Kier molecular flexibility index (Phi) is 4.84. The fourth-order valence-electron chi connectivity index (χ4n) is 5.34. The number of aromatic nitrogens is 1. The first-order chi connectivity index (χ1) is 18.3. The average molecular weight is 472 g/mol. The molecule has 7 aromatic rings. The van der Waals surface area contributed by atoms with Gasteiger partial charge in [-0.3, -0.25) is 4.98 Å². The minimum absolute atomic E-state index is 0.645. The summed E-state index contributed by atoms with van der Waals surface area (Å²) in [5, 5.41) is 16.9. The van der Waals surface area contributed by atoms with Gasteiger partial charge in [-0.05, 0) is 98.0 Å². The van der Waals surface area contributed by atoms with Crippen molar-refractivity contribution in [3.8, 4) is 17.2 Å². The van der Waals surface area contributed by atoms with Gasteiger partial charge in [-0.25, -0.2) is 0 Å². The first-order valence-electron chi connectivity index (χ1n) is 12.3. The van der Waals surface area contributed by atoms with E-state index in [0.717, 1.165) is 28.2 Å². The second kappa shape index (κ2) is 8.48. The van der Waals surface area contributed by atoms with E-state index in [-0.39, 0.29) is 0 Å². The van der Waals surface area contributed by atoms with Crippen molar-refractivity contribution >= 4 is 49.4 Å². The predicted molar refractivity (Wildman–Crippen MR) is 153 cm³/mol. The minimum Gasteiger partial charge on any atom is -0.310 e. The summed E-state index contributed by atoms with van der Waals surface area (Å²) in [5.74, 6) is 0. The van der Waals surface area contributed by atoms with Gasteiger partial charge >= 0.3 is 0 Å². The van der Waals surface area contributed by atoms with Gasteiger partial charge in [0.1, 0.15) is 0 Å². The van der Waals surface area contributed by atoms with Crippen LogP contribution in [0.2, 0.25) is 0 Å². The zero-order valence-electron chi connectivity index (χ0n) is 20.0. The van der Waals surface area contributed by atoms with Gasteiger partial charge < -0.3 is 4.90 Å². The maximum Gasteiger partial charge on any atom is 0.0991 e. The Morgan fingerprint density at radius 1 is 0.541 bits per heavy atom. The van der Waals surface area contributed by atoms with Crippen LogP contribution in [0.3, 0.4) is 0 Å². The average Bonchev–Trinajstić information content (AvgIpc) is 2.97. The maximum absolute atomic E-state index is 9.34. The number of rotatable bonds is 4. The number of pyridine rings is 1. The maximum atomic E-state index is 9.34. The molecule has 37 heavy (non-hydrogen) atoms. The highest BCUT2D eigenvalue weighted by Crippen LogP contribution is 2.41. The van der Waals surface area contributed by atoms with Crippen LogP contribution < -0.4 is 4.90 Å². The van der Waals surface area contributed by atoms with E-state index < -0.39 is 0 Å². The van der Waals surface area contributed by atoms with Gasteiger partial charge in [0.25, 0.3) is 0 Å². The molecule has 0 radical (unpaired) electrons. The lowest BCUT2D eigenvalue weighted by Gasteiger charge is -2.27. The highest BCUT2D eigenvalue weighted by Gasteiger charge is 2.16. The van der Waals surface area contributed by atoms with Crippen LogP contribution in [0.5, 0.6) is 0 Å². The molecule has 1 heterocycles. The molecule has 6 aromatic carbocycles. The Labute approximate surface area is 214 Å². The lowest BCUT2D eigenvalue weighted by molar-refractivity contribution is 1.29. The normalized spacial score (nSPS) is 11.2. The summed E-state index contributed by atoms with van der Waals surface area (Å²) in [7, 11) is 0. The molecular formula is C34H21N3. The van der Waals surface area contributed by atoms with Gasteiger partial charge in [0.05, 0.1) is 11.6 Å². The highest BCUT2D eigenvalue weighted by atomic mass is 15.1. The summed E-state index contributed by atoms with van der Waals surface area (Å²) >= 11 is 0. The second-order valence-electron chi connectivity index (χ2n) is 9.26. The molecule has 1 aromatic heterocycles. The van der Waals surface area contributed by atoms with Gasteiger partial charge in [0.2, 0.25) is 0 Å². The van der Waals surface area contributed by atoms with Crippen LogP contribution in [-0.4, -0.2) is 4.98 Å². The molecule has 7 rings (SSSR count). The smallest absolute Gasteiger partial charge is 0.0991 e. The number of anilines is 3. The van der Waals surface area contributed by atoms with Crippen LogP contribution in [0.15, 0.2) is 128 Å². The molecule has 0 atom stereocenters. The lowest BCUT2D eigenvalue weighted by Crippen LogP contribution is -2.10. The Morgan fingerprint density at radius 2 is 1.14 bits per heavy atom. The van der Waals surface area contributed by atoms with Gasteiger partial charge in [0.15, 0.2) is 0 Å². The molecule has 0 unspecified atom stereocenters. The van der Waals surface area contributed by atoms with Crippen LogP contribution in [-0.2, 0) is 0 Å². The Hall–Kier alpha value is -5.20. The summed E-state index contributed by atoms with van der Waals surface area (Å²) in [6.07, 6.45) is 3.67. The number of benzene rings is 6. The van der Waals surface area contributed by atoms with E-state index in [0.29, 0.717) is 5.56 Å². The topological polar surface area (TPSA) is 39.9 Å². The molecule has 0 aliphatic carbocycles. The first-order valence-corrected chi connectivity index (χ1v) is 12.3. The Bertz CT molecular complexity index is 1850. The summed E-state index contributed by atoms with van der Waals surface area (Å²) < 4.78 is 0. The Morgan fingerprint density at radius 3 is 1.73 bits per heavy atom. The molecule has 0 N–H and O–H groups in total. The van der Waals surface area contributed by atoms with Crippen molar-refractivity contribution in [2.45, 2.75) is 0 Å². The van der Waals surface area contributed by atoms with Crippen molar-refractivity contribution < 1.29 is 0 Å². The molecule has 172 valence electrons. The summed E-state index contributed by atoms with van der Waals surface area (Å²) in [5.41, 5.74) is 5.97. The molecule has 0 spiro atoms. The van der Waals surface area contributed by atoms with E-state index in [1.165, 1.54) is 32.3 Å². The van der Waals surface area contributed by atoms with Gasteiger partial charge in [-0.15, -0.1) is 0 Å². The van der Waals surface area contributed by atoms with Crippen molar-refractivity contribution in [2.24, 2.45) is 0 Å². The minimum atomic E-state index is 0.645. The van der Waals surface area contributed by atoms with E-state index in [2.05, 4.69) is 101 Å². The van der Waals surface area contributed by atoms with Crippen LogP contribution in [0.25, 0.3) is 43.4 Å².